The van der Waals surface area contributed by atoms with E-state index in [0.717, 1.165) is 35.8 Å². The summed E-state index contributed by atoms with van der Waals surface area (Å²) >= 11 is 1.24. The Morgan fingerprint density at radius 2 is 1.72 bits per heavy atom. The lowest BCUT2D eigenvalue weighted by Gasteiger charge is -2.33. The van der Waals surface area contributed by atoms with E-state index in [0.29, 0.717) is 26.5 Å². The molecule has 13 heteroatoms. The highest BCUT2D eigenvalue weighted by molar-refractivity contribution is 7.21. The van der Waals surface area contributed by atoms with E-state index >= 15 is 0 Å². The monoisotopic (exact) mass is 651 g/mol. The molecule has 1 aromatic carbocycles. The Kier molecular flexibility index (Phi) is 8.45. The Hall–Kier alpha value is -3.81. The average Bonchev–Trinajstić information content (AvgIpc) is 3.72. The number of nitrogens with zero attached hydrogens (tertiary/aromatic N) is 5. The number of thiophene rings is 1. The number of rotatable bonds is 9. The van der Waals surface area contributed by atoms with Crippen molar-refractivity contribution in [2.45, 2.75) is 109 Å². The molecule has 2 aliphatic heterocycles. The fourth-order valence-electron chi connectivity index (χ4n) is 6.46. The lowest BCUT2D eigenvalue weighted by molar-refractivity contribution is -0.164. The fourth-order valence-corrected chi connectivity index (χ4v) is 7.68. The minimum absolute atomic E-state index is 0.0546. The summed E-state index contributed by atoms with van der Waals surface area (Å²) in [5.74, 6) is -0.0693. The number of hydrogen-bond acceptors (Lipinski definition) is 10. The third kappa shape index (κ3) is 5.91. The van der Waals surface area contributed by atoms with E-state index in [9.17, 15) is 14.4 Å². The number of ether oxygens (including phenoxy) is 4. The first-order valence-electron chi connectivity index (χ1n) is 15.6. The summed E-state index contributed by atoms with van der Waals surface area (Å²) in [5, 5.41) is 9.46. The van der Waals surface area contributed by atoms with Gasteiger partial charge in [0.15, 0.2) is 0 Å². The molecule has 0 radical (unpaired) electrons. The zero-order chi connectivity index (χ0) is 33.0. The number of aryl methyl sites for hydroxylation is 1. The molecule has 46 heavy (non-hydrogen) atoms. The average molecular weight is 652 g/mol. The van der Waals surface area contributed by atoms with E-state index in [4.69, 9.17) is 18.9 Å². The number of carbonyl (C=O) groups is 1. The molecule has 0 unspecified atom stereocenters. The van der Waals surface area contributed by atoms with Crippen LogP contribution in [0.3, 0.4) is 0 Å². The maximum atomic E-state index is 14.6. The van der Waals surface area contributed by atoms with Gasteiger partial charge in [0.1, 0.15) is 32.8 Å². The molecule has 0 saturated carbocycles. The smallest absolute Gasteiger partial charge is 0.333 e. The molecule has 12 nitrogen and oxygen atoms in total. The molecule has 0 aliphatic carbocycles. The fraction of sp³-hybridized carbons (Fsp3) is 0.545. The number of para-hydroxylation sites is 1. The minimum Gasteiger partial charge on any atom is -0.496 e. The van der Waals surface area contributed by atoms with Crippen molar-refractivity contribution in [1.29, 1.82) is 0 Å². The Bertz CT molecular complexity index is 1860. The van der Waals surface area contributed by atoms with Crippen molar-refractivity contribution in [2.24, 2.45) is 0 Å². The van der Waals surface area contributed by atoms with Crippen molar-refractivity contribution in [3.63, 3.8) is 0 Å². The van der Waals surface area contributed by atoms with Crippen molar-refractivity contribution in [1.82, 2.24) is 24.1 Å². The summed E-state index contributed by atoms with van der Waals surface area (Å²) in [7, 11) is 1.60. The standard InChI is InChI=1S/C33H41N5O7S/c1-19-26-27(39)37(33(5,6)30(40)45-32(2,3)4)31(41)36(29(26)46-28(19)38-34-14-15-35-38)18-25(23-10-8-9-11-24(23)42-7)44-22-16-20-12-13-21(17-22)43-20/h8-11,14-15,20-22,25H,12-13,16-18H2,1-7H3/t20-,21-,25+/m1/s1. The summed E-state index contributed by atoms with van der Waals surface area (Å²) in [6.45, 7) is 10.1. The van der Waals surface area contributed by atoms with Gasteiger partial charge in [-0.1, -0.05) is 29.5 Å². The number of benzene rings is 1. The molecule has 0 amide bonds. The number of hydrogen-bond donors (Lipinski definition) is 0. The lowest BCUT2D eigenvalue weighted by Crippen LogP contribution is -2.54. The van der Waals surface area contributed by atoms with Crippen LogP contribution in [-0.2, 0) is 31.1 Å². The van der Waals surface area contributed by atoms with Gasteiger partial charge in [0.05, 0.1) is 49.7 Å². The molecule has 0 N–H and O–H groups in total. The van der Waals surface area contributed by atoms with E-state index in [-0.39, 0.29) is 24.9 Å². The molecular formula is C33H41N5O7S. The Morgan fingerprint density at radius 1 is 1.07 bits per heavy atom. The summed E-state index contributed by atoms with van der Waals surface area (Å²) in [4.78, 5) is 44.4. The van der Waals surface area contributed by atoms with Gasteiger partial charge in [-0.25, -0.2) is 14.2 Å². The Morgan fingerprint density at radius 3 is 2.35 bits per heavy atom. The zero-order valence-electron chi connectivity index (χ0n) is 27.3. The van der Waals surface area contributed by atoms with Crippen molar-refractivity contribution < 1.29 is 23.7 Å². The molecule has 2 bridgehead atoms. The van der Waals surface area contributed by atoms with Gasteiger partial charge in [-0.15, -0.1) is 4.80 Å². The Labute approximate surface area is 270 Å². The summed E-state index contributed by atoms with van der Waals surface area (Å²) in [6.07, 6.45) is 6.21. The largest absolute Gasteiger partial charge is 0.496 e. The van der Waals surface area contributed by atoms with Crippen LogP contribution in [0.25, 0.3) is 15.2 Å². The zero-order valence-corrected chi connectivity index (χ0v) is 28.1. The normalized spacial score (nSPS) is 20.6. The molecular weight excluding hydrogens is 610 g/mol. The number of aromatic nitrogens is 5. The first-order chi connectivity index (χ1) is 21.8. The van der Waals surface area contributed by atoms with Crippen molar-refractivity contribution in [3.05, 3.63) is 68.6 Å². The lowest BCUT2D eigenvalue weighted by atomic mass is 10.0. The van der Waals surface area contributed by atoms with Crippen LogP contribution in [0.4, 0.5) is 0 Å². The first-order valence-corrected chi connectivity index (χ1v) is 16.4. The van der Waals surface area contributed by atoms with Gasteiger partial charge < -0.3 is 18.9 Å². The van der Waals surface area contributed by atoms with Gasteiger partial charge in [-0.05, 0) is 73.3 Å². The number of carbonyl (C=O) groups excluding carboxylic acids is 1. The summed E-state index contributed by atoms with van der Waals surface area (Å²) in [5.41, 5.74) is -2.32. The maximum Gasteiger partial charge on any atom is 0.333 e. The van der Waals surface area contributed by atoms with Gasteiger partial charge in [-0.2, -0.15) is 10.2 Å². The molecule has 5 heterocycles. The second-order valence-electron chi connectivity index (χ2n) is 13.5. The maximum absolute atomic E-state index is 14.6. The van der Waals surface area contributed by atoms with Crippen LogP contribution in [0.2, 0.25) is 0 Å². The highest BCUT2D eigenvalue weighted by Gasteiger charge is 2.40. The highest BCUT2D eigenvalue weighted by Crippen LogP contribution is 2.39. The molecule has 2 aliphatic rings. The van der Waals surface area contributed by atoms with Crippen LogP contribution in [0.15, 0.2) is 46.2 Å². The van der Waals surface area contributed by atoms with E-state index in [1.807, 2.05) is 24.3 Å². The van der Waals surface area contributed by atoms with Gasteiger partial charge >= 0.3 is 11.7 Å². The van der Waals surface area contributed by atoms with Crippen molar-refractivity contribution >= 4 is 27.5 Å². The van der Waals surface area contributed by atoms with Crippen LogP contribution in [0.1, 0.15) is 77.5 Å². The minimum atomic E-state index is -1.63. The second kappa shape index (κ2) is 12.1. The molecule has 6 rings (SSSR count). The van der Waals surface area contributed by atoms with Crippen LogP contribution in [0, 0.1) is 6.92 Å². The molecule has 0 spiro atoms. The van der Waals surface area contributed by atoms with Gasteiger partial charge in [0.2, 0.25) is 0 Å². The number of methoxy groups -OCH3 is 1. The summed E-state index contributed by atoms with van der Waals surface area (Å²) < 4.78 is 26.9. The van der Waals surface area contributed by atoms with Crippen molar-refractivity contribution in [3.8, 4) is 10.8 Å². The highest BCUT2D eigenvalue weighted by atomic mass is 32.1. The van der Waals surface area contributed by atoms with Gasteiger partial charge in [-0.3, -0.25) is 9.36 Å². The summed E-state index contributed by atoms with van der Waals surface area (Å²) in [6, 6.07) is 7.58. The molecule has 2 saturated heterocycles. The van der Waals surface area contributed by atoms with E-state index in [1.165, 1.54) is 30.0 Å². The van der Waals surface area contributed by atoms with Crippen LogP contribution < -0.4 is 16.0 Å². The van der Waals surface area contributed by atoms with Crippen LogP contribution in [0.5, 0.6) is 5.75 Å². The topological polar surface area (TPSA) is 129 Å². The molecule has 4 aromatic rings. The quantitative estimate of drug-likeness (QED) is 0.237. The third-order valence-corrected chi connectivity index (χ3v) is 9.96. The first kappa shape index (κ1) is 32.1. The van der Waals surface area contributed by atoms with Crippen LogP contribution in [-0.4, -0.2) is 61.1 Å². The molecule has 246 valence electrons. The molecule has 3 atom stereocenters. The predicted molar refractivity (Wildman–Crippen MR) is 173 cm³/mol. The van der Waals surface area contributed by atoms with Gasteiger partial charge in [0.25, 0.3) is 5.56 Å². The second-order valence-corrected chi connectivity index (χ2v) is 14.5. The van der Waals surface area contributed by atoms with E-state index in [1.54, 1.807) is 51.8 Å². The molecule has 3 aromatic heterocycles. The van der Waals surface area contributed by atoms with Gasteiger partial charge in [0, 0.05) is 11.1 Å². The molecule has 2 fully saturated rings. The van der Waals surface area contributed by atoms with Crippen LogP contribution >= 0.6 is 11.3 Å². The number of fused-ring (bicyclic) bond motifs is 3. The number of esters is 1. The van der Waals surface area contributed by atoms with E-state index in [2.05, 4.69) is 10.2 Å². The Balaban J connectivity index is 1.55. The van der Waals surface area contributed by atoms with E-state index < -0.39 is 34.5 Å². The SMILES string of the molecule is COc1ccccc1[C@H](Cn1c(=O)n(C(C)(C)C(=O)OC(C)(C)C)c(=O)c2c(C)c(-n3nccn3)sc21)OC1C[C@H]2CC[C@H](C1)O2. The predicted octanol–water partition coefficient (Wildman–Crippen LogP) is 4.67. The van der Waals surface area contributed by atoms with Crippen molar-refractivity contribution in [2.75, 3.05) is 7.11 Å². The third-order valence-electron chi connectivity index (χ3n) is 8.68.